The van der Waals surface area contributed by atoms with Crippen molar-refractivity contribution < 1.29 is 9.47 Å². The molecular formula is C15H21NO2. The highest BCUT2D eigenvalue weighted by Gasteiger charge is 2.23. The third kappa shape index (κ3) is 2.19. The fourth-order valence-electron chi connectivity index (χ4n) is 3.03. The maximum atomic E-state index is 5.84. The quantitative estimate of drug-likeness (QED) is 0.888. The molecule has 0 aliphatic carbocycles. The van der Waals surface area contributed by atoms with Crippen LogP contribution in [-0.4, -0.2) is 26.3 Å². The van der Waals surface area contributed by atoms with Crippen molar-refractivity contribution in [3.05, 3.63) is 23.3 Å². The van der Waals surface area contributed by atoms with Crippen molar-refractivity contribution in [3.8, 4) is 11.5 Å². The zero-order valence-electron chi connectivity index (χ0n) is 11.2. The Morgan fingerprint density at radius 1 is 1.44 bits per heavy atom. The van der Waals surface area contributed by atoms with Gasteiger partial charge in [-0.3, -0.25) is 0 Å². The molecule has 3 nitrogen and oxygen atoms in total. The lowest BCUT2D eigenvalue weighted by atomic mass is 9.96. The molecule has 2 aliphatic heterocycles. The largest absolute Gasteiger partial charge is 0.496 e. The Kier molecular flexibility index (Phi) is 3.16. The van der Waals surface area contributed by atoms with Crippen LogP contribution in [0.2, 0.25) is 0 Å². The van der Waals surface area contributed by atoms with E-state index < -0.39 is 0 Å². The second kappa shape index (κ2) is 4.81. The molecular weight excluding hydrogens is 226 g/mol. The van der Waals surface area contributed by atoms with Gasteiger partial charge in [0.15, 0.2) is 0 Å². The Morgan fingerprint density at radius 3 is 3.06 bits per heavy atom. The van der Waals surface area contributed by atoms with Crippen LogP contribution in [0.5, 0.6) is 11.5 Å². The van der Waals surface area contributed by atoms with Gasteiger partial charge in [0.2, 0.25) is 0 Å². The smallest absolute Gasteiger partial charge is 0.123 e. The van der Waals surface area contributed by atoms with Crippen LogP contribution in [0.25, 0.3) is 0 Å². The second-order valence-corrected chi connectivity index (χ2v) is 5.47. The van der Waals surface area contributed by atoms with Crippen LogP contribution in [0.4, 0.5) is 0 Å². The van der Waals surface area contributed by atoms with Crippen molar-refractivity contribution in [1.29, 1.82) is 0 Å². The Labute approximate surface area is 108 Å². The van der Waals surface area contributed by atoms with Gasteiger partial charge in [-0.1, -0.05) is 0 Å². The number of hydrogen-bond acceptors (Lipinski definition) is 3. The normalized spacial score (nSPS) is 25.9. The topological polar surface area (TPSA) is 30.5 Å². The number of benzene rings is 1. The Hall–Kier alpha value is -1.22. The van der Waals surface area contributed by atoms with E-state index in [0.29, 0.717) is 6.10 Å². The SMILES string of the molecule is COc1cc2c(cc1CC1CCNC1)OC(C)C2. The predicted molar refractivity (Wildman–Crippen MR) is 71.5 cm³/mol. The molecule has 0 saturated carbocycles. The van der Waals surface area contributed by atoms with E-state index in [1.807, 2.05) is 0 Å². The van der Waals surface area contributed by atoms with E-state index in [1.165, 1.54) is 17.5 Å². The van der Waals surface area contributed by atoms with Gasteiger partial charge in [-0.2, -0.15) is 0 Å². The molecule has 2 unspecified atom stereocenters. The zero-order valence-corrected chi connectivity index (χ0v) is 11.2. The van der Waals surface area contributed by atoms with E-state index in [9.17, 15) is 0 Å². The van der Waals surface area contributed by atoms with Crippen molar-refractivity contribution in [1.82, 2.24) is 5.32 Å². The van der Waals surface area contributed by atoms with Gasteiger partial charge in [-0.25, -0.2) is 0 Å². The van der Waals surface area contributed by atoms with Gasteiger partial charge in [0.05, 0.1) is 7.11 Å². The molecule has 3 heteroatoms. The lowest BCUT2D eigenvalue weighted by Crippen LogP contribution is -2.11. The molecule has 0 spiro atoms. The average Bonchev–Trinajstić information content (AvgIpc) is 2.96. The maximum Gasteiger partial charge on any atom is 0.123 e. The van der Waals surface area contributed by atoms with Crippen LogP contribution in [0, 0.1) is 5.92 Å². The summed E-state index contributed by atoms with van der Waals surface area (Å²) in [6, 6.07) is 4.35. The molecule has 2 heterocycles. The number of nitrogens with one attached hydrogen (secondary N) is 1. The van der Waals surface area contributed by atoms with E-state index in [4.69, 9.17) is 9.47 Å². The molecule has 2 atom stereocenters. The van der Waals surface area contributed by atoms with E-state index in [2.05, 4.69) is 24.4 Å². The lowest BCUT2D eigenvalue weighted by Gasteiger charge is -2.14. The van der Waals surface area contributed by atoms with Gasteiger partial charge in [-0.15, -0.1) is 0 Å². The highest BCUT2D eigenvalue weighted by atomic mass is 16.5. The van der Waals surface area contributed by atoms with E-state index in [0.717, 1.165) is 43.3 Å². The number of rotatable bonds is 3. The van der Waals surface area contributed by atoms with Gasteiger partial charge in [0.25, 0.3) is 0 Å². The fourth-order valence-corrected chi connectivity index (χ4v) is 3.03. The maximum absolute atomic E-state index is 5.84. The van der Waals surface area contributed by atoms with Crippen LogP contribution in [0.1, 0.15) is 24.5 Å². The molecule has 3 rings (SSSR count). The van der Waals surface area contributed by atoms with Gasteiger partial charge >= 0.3 is 0 Å². The first kappa shape index (κ1) is 11.8. The summed E-state index contributed by atoms with van der Waals surface area (Å²) in [5.41, 5.74) is 2.58. The lowest BCUT2D eigenvalue weighted by molar-refractivity contribution is 0.254. The highest BCUT2D eigenvalue weighted by Crippen LogP contribution is 2.36. The molecule has 18 heavy (non-hydrogen) atoms. The minimum atomic E-state index is 0.299. The summed E-state index contributed by atoms with van der Waals surface area (Å²) in [5, 5.41) is 3.42. The summed E-state index contributed by atoms with van der Waals surface area (Å²) in [5.74, 6) is 2.82. The van der Waals surface area contributed by atoms with Crippen molar-refractivity contribution in [2.75, 3.05) is 20.2 Å². The summed E-state index contributed by atoms with van der Waals surface area (Å²) in [6.45, 7) is 4.38. The molecule has 1 aromatic rings. The second-order valence-electron chi connectivity index (χ2n) is 5.47. The van der Waals surface area contributed by atoms with Crippen molar-refractivity contribution >= 4 is 0 Å². The highest BCUT2D eigenvalue weighted by molar-refractivity contribution is 5.48. The summed E-state index contributed by atoms with van der Waals surface area (Å²) >= 11 is 0. The Bertz CT molecular complexity index is 438. The molecule has 2 aliphatic rings. The molecule has 1 aromatic carbocycles. The third-order valence-electron chi connectivity index (χ3n) is 3.97. The summed E-state index contributed by atoms with van der Waals surface area (Å²) in [4.78, 5) is 0. The van der Waals surface area contributed by atoms with Gasteiger partial charge < -0.3 is 14.8 Å². The number of ether oxygens (including phenoxy) is 2. The molecule has 1 fully saturated rings. The standard InChI is InChI=1S/C15H21NO2/c1-10-5-12-7-14(17-2)13(8-15(12)18-10)6-11-3-4-16-9-11/h7-8,10-11,16H,3-6,9H2,1-2H3. The first-order chi connectivity index (χ1) is 8.76. The van der Waals surface area contributed by atoms with Gasteiger partial charge in [0, 0.05) is 12.0 Å². The van der Waals surface area contributed by atoms with Crippen LogP contribution in [-0.2, 0) is 12.8 Å². The fraction of sp³-hybridized carbons (Fsp3) is 0.600. The number of hydrogen-bond donors (Lipinski definition) is 1. The Balaban J connectivity index is 1.86. The molecule has 0 radical (unpaired) electrons. The minimum Gasteiger partial charge on any atom is -0.496 e. The molecule has 1 saturated heterocycles. The van der Waals surface area contributed by atoms with Crippen molar-refractivity contribution in [3.63, 3.8) is 0 Å². The molecule has 0 aromatic heterocycles. The Morgan fingerprint density at radius 2 is 2.33 bits per heavy atom. The summed E-state index contributed by atoms with van der Waals surface area (Å²) in [7, 11) is 1.76. The van der Waals surface area contributed by atoms with Crippen LogP contribution in [0.3, 0.4) is 0 Å². The molecule has 98 valence electrons. The number of fused-ring (bicyclic) bond motifs is 1. The predicted octanol–water partition coefficient (Wildman–Crippen LogP) is 2.17. The molecule has 0 amide bonds. The van der Waals surface area contributed by atoms with E-state index in [1.54, 1.807) is 7.11 Å². The first-order valence-corrected chi connectivity index (χ1v) is 6.83. The van der Waals surface area contributed by atoms with Crippen LogP contribution >= 0.6 is 0 Å². The van der Waals surface area contributed by atoms with Crippen LogP contribution in [0.15, 0.2) is 12.1 Å². The summed E-state index contributed by atoms with van der Waals surface area (Å²) in [6.07, 6.45) is 3.64. The molecule has 0 bridgehead atoms. The van der Waals surface area contributed by atoms with Gasteiger partial charge in [-0.05, 0) is 56.5 Å². The van der Waals surface area contributed by atoms with Gasteiger partial charge in [0.1, 0.15) is 17.6 Å². The number of methoxy groups -OCH3 is 1. The monoisotopic (exact) mass is 247 g/mol. The van der Waals surface area contributed by atoms with E-state index in [-0.39, 0.29) is 0 Å². The molecule has 1 N–H and O–H groups in total. The van der Waals surface area contributed by atoms with Crippen LogP contribution < -0.4 is 14.8 Å². The van der Waals surface area contributed by atoms with Crippen molar-refractivity contribution in [2.45, 2.75) is 32.3 Å². The zero-order chi connectivity index (χ0) is 12.5. The summed E-state index contributed by atoms with van der Waals surface area (Å²) < 4.78 is 11.4. The average molecular weight is 247 g/mol. The third-order valence-corrected chi connectivity index (χ3v) is 3.97. The minimum absolute atomic E-state index is 0.299. The first-order valence-electron chi connectivity index (χ1n) is 6.83. The van der Waals surface area contributed by atoms with E-state index >= 15 is 0 Å². The van der Waals surface area contributed by atoms with Crippen molar-refractivity contribution in [2.24, 2.45) is 5.92 Å².